The van der Waals surface area contributed by atoms with Crippen LogP contribution in [-0.2, 0) is 4.79 Å². The highest BCUT2D eigenvalue weighted by Gasteiger charge is 2.33. The van der Waals surface area contributed by atoms with E-state index in [1.54, 1.807) is 6.21 Å². The van der Waals surface area contributed by atoms with E-state index in [-0.39, 0.29) is 11.8 Å². The molecule has 2 aliphatic heterocycles. The van der Waals surface area contributed by atoms with Crippen molar-refractivity contribution in [3.8, 4) is 0 Å². The van der Waals surface area contributed by atoms with E-state index in [4.69, 9.17) is 0 Å². The second kappa shape index (κ2) is 5.89. The van der Waals surface area contributed by atoms with Crippen molar-refractivity contribution in [2.45, 2.75) is 25.3 Å². The Balaban J connectivity index is 1.81. The third kappa shape index (κ3) is 2.95. The number of rotatable bonds is 2. The van der Waals surface area contributed by atoms with Crippen LogP contribution in [0.25, 0.3) is 0 Å². The van der Waals surface area contributed by atoms with Crippen LogP contribution in [0.5, 0.6) is 0 Å². The lowest BCUT2D eigenvalue weighted by atomic mass is 9.95. The van der Waals surface area contributed by atoms with Crippen LogP contribution in [0.2, 0.25) is 0 Å². The molecule has 21 heavy (non-hydrogen) atoms. The number of piperidine rings is 1. The molecule has 0 bridgehead atoms. The van der Waals surface area contributed by atoms with Gasteiger partial charge in [0.05, 0.1) is 6.04 Å². The van der Waals surface area contributed by atoms with Gasteiger partial charge in [0, 0.05) is 24.6 Å². The quantitative estimate of drug-likeness (QED) is 0.908. The maximum absolute atomic E-state index is 13.4. The number of benzene rings is 1. The molecule has 4 nitrogen and oxygen atoms in total. The molecule has 2 aliphatic rings. The Morgan fingerprint density at radius 3 is 2.52 bits per heavy atom. The molecule has 3 rings (SSSR count). The zero-order valence-corrected chi connectivity index (χ0v) is 11.6. The van der Waals surface area contributed by atoms with Crippen molar-refractivity contribution in [3.05, 3.63) is 35.4 Å². The number of hydrogen-bond donors (Lipinski definition) is 1. The van der Waals surface area contributed by atoms with Gasteiger partial charge in [-0.1, -0.05) is 0 Å². The van der Waals surface area contributed by atoms with E-state index in [0.717, 1.165) is 32.0 Å². The molecule has 0 aromatic heterocycles. The molecule has 0 radical (unpaired) electrons. The summed E-state index contributed by atoms with van der Waals surface area (Å²) in [6.07, 6.45) is 3.66. The van der Waals surface area contributed by atoms with E-state index >= 15 is 0 Å². The molecule has 1 saturated heterocycles. The summed E-state index contributed by atoms with van der Waals surface area (Å²) in [6.45, 7) is 1.63. The summed E-state index contributed by atoms with van der Waals surface area (Å²) in [5.41, 5.74) is 0.451. The van der Waals surface area contributed by atoms with E-state index in [9.17, 15) is 13.6 Å². The first kappa shape index (κ1) is 14.1. The first-order chi connectivity index (χ1) is 10.1. The molecule has 112 valence electrons. The zero-order valence-electron chi connectivity index (χ0n) is 11.6. The van der Waals surface area contributed by atoms with Crippen molar-refractivity contribution in [1.29, 1.82) is 0 Å². The van der Waals surface area contributed by atoms with Crippen LogP contribution in [0.15, 0.2) is 23.3 Å². The molecule has 0 spiro atoms. The lowest BCUT2D eigenvalue weighted by Crippen LogP contribution is -2.39. The van der Waals surface area contributed by atoms with E-state index in [1.807, 2.05) is 0 Å². The zero-order chi connectivity index (χ0) is 14.8. The molecule has 2 heterocycles. The molecule has 0 aliphatic carbocycles. The van der Waals surface area contributed by atoms with Gasteiger partial charge < -0.3 is 5.32 Å². The molecule has 1 atom stereocenters. The third-order valence-corrected chi connectivity index (χ3v) is 4.01. The monoisotopic (exact) mass is 293 g/mol. The Bertz CT molecular complexity index is 550. The number of nitrogens with zero attached hydrogens (tertiary/aromatic N) is 2. The van der Waals surface area contributed by atoms with Crippen molar-refractivity contribution < 1.29 is 13.6 Å². The summed E-state index contributed by atoms with van der Waals surface area (Å²) in [7, 11) is 0. The van der Waals surface area contributed by atoms with E-state index in [1.165, 1.54) is 17.1 Å². The number of amides is 1. The van der Waals surface area contributed by atoms with Crippen LogP contribution in [0.1, 0.15) is 30.9 Å². The maximum atomic E-state index is 13.4. The third-order valence-electron chi connectivity index (χ3n) is 4.01. The normalized spacial score (nSPS) is 22.8. The number of hydrazone groups is 1. The molecule has 0 unspecified atom stereocenters. The van der Waals surface area contributed by atoms with E-state index in [0.29, 0.717) is 12.0 Å². The van der Waals surface area contributed by atoms with Gasteiger partial charge in [0.2, 0.25) is 5.91 Å². The standard InChI is InChI=1S/C15H17F2N3O/c16-12-7-11(8-13(17)9-12)14-3-6-19-20(14)15(21)10-1-4-18-5-2-10/h6-10,14,18H,1-5H2/t14-/m1/s1. The van der Waals surface area contributed by atoms with Gasteiger partial charge in [-0.3, -0.25) is 4.79 Å². The summed E-state index contributed by atoms with van der Waals surface area (Å²) in [5, 5.41) is 8.72. The Kier molecular flexibility index (Phi) is 3.96. The first-order valence-electron chi connectivity index (χ1n) is 7.17. The van der Waals surface area contributed by atoms with Crippen molar-refractivity contribution >= 4 is 12.1 Å². The molecule has 1 amide bonds. The van der Waals surface area contributed by atoms with Crippen molar-refractivity contribution in [2.24, 2.45) is 11.0 Å². The predicted octanol–water partition coefficient (Wildman–Crippen LogP) is 2.22. The van der Waals surface area contributed by atoms with Gasteiger partial charge in [0.15, 0.2) is 0 Å². The Morgan fingerprint density at radius 1 is 1.19 bits per heavy atom. The van der Waals surface area contributed by atoms with Crippen LogP contribution in [-0.4, -0.2) is 30.2 Å². The minimum atomic E-state index is -0.633. The maximum Gasteiger partial charge on any atom is 0.246 e. The van der Waals surface area contributed by atoms with Crippen molar-refractivity contribution in [2.75, 3.05) is 13.1 Å². The molecule has 1 aromatic carbocycles. The van der Waals surface area contributed by atoms with Gasteiger partial charge in [0.25, 0.3) is 0 Å². The number of carbonyl (C=O) groups is 1. The molecule has 0 saturated carbocycles. The molecule has 1 aromatic rings. The van der Waals surface area contributed by atoms with Gasteiger partial charge in [-0.05, 0) is 43.6 Å². The fourth-order valence-electron chi connectivity index (χ4n) is 2.93. The molecular weight excluding hydrogens is 276 g/mol. The van der Waals surface area contributed by atoms with Gasteiger partial charge in [0.1, 0.15) is 11.6 Å². The van der Waals surface area contributed by atoms with Crippen LogP contribution >= 0.6 is 0 Å². The minimum absolute atomic E-state index is 0.0556. The van der Waals surface area contributed by atoms with Gasteiger partial charge in [-0.2, -0.15) is 5.10 Å². The van der Waals surface area contributed by atoms with E-state index in [2.05, 4.69) is 10.4 Å². The van der Waals surface area contributed by atoms with Gasteiger partial charge >= 0.3 is 0 Å². The van der Waals surface area contributed by atoms with Crippen LogP contribution in [0.3, 0.4) is 0 Å². The number of nitrogens with one attached hydrogen (secondary N) is 1. The number of carbonyl (C=O) groups excluding carboxylic acids is 1. The number of hydrogen-bond acceptors (Lipinski definition) is 3. The molecule has 1 fully saturated rings. The fraction of sp³-hybridized carbons (Fsp3) is 0.467. The topological polar surface area (TPSA) is 44.7 Å². The van der Waals surface area contributed by atoms with E-state index < -0.39 is 17.7 Å². The smallest absolute Gasteiger partial charge is 0.246 e. The van der Waals surface area contributed by atoms with Gasteiger partial charge in [-0.15, -0.1) is 0 Å². The molecular formula is C15H17F2N3O. The SMILES string of the molecule is O=C(C1CCNCC1)N1N=CC[C@@H]1c1cc(F)cc(F)c1. The summed E-state index contributed by atoms with van der Waals surface area (Å²) in [5.74, 6) is -1.39. The Hall–Kier alpha value is -1.82. The summed E-state index contributed by atoms with van der Waals surface area (Å²) >= 11 is 0. The van der Waals surface area contributed by atoms with Crippen LogP contribution in [0.4, 0.5) is 8.78 Å². The molecule has 6 heteroatoms. The Labute approximate surface area is 121 Å². The lowest BCUT2D eigenvalue weighted by Gasteiger charge is -2.28. The largest absolute Gasteiger partial charge is 0.317 e. The fourth-order valence-corrected chi connectivity index (χ4v) is 2.93. The first-order valence-corrected chi connectivity index (χ1v) is 7.17. The summed E-state index contributed by atoms with van der Waals surface area (Å²) < 4.78 is 26.7. The Morgan fingerprint density at radius 2 is 1.86 bits per heavy atom. The summed E-state index contributed by atoms with van der Waals surface area (Å²) in [6, 6.07) is 2.96. The molecule has 1 N–H and O–H groups in total. The van der Waals surface area contributed by atoms with Crippen LogP contribution < -0.4 is 5.32 Å². The summed E-state index contributed by atoms with van der Waals surface area (Å²) in [4.78, 5) is 12.6. The van der Waals surface area contributed by atoms with Crippen LogP contribution in [0, 0.1) is 17.6 Å². The highest BCUT2D eigenvalue weighted by molar-refractivity contribution is 5.82. The highest BCUT2D eigenvalue weighted by Crippen LogP contribution is 2.31. The second-order valence-corrected chi connectivity index (χ2v) is 5.46. The van der Waals surface area contributed by atoms with Crippen molar-refractivity contribution in [1.82, 2.24) is 10.3 Å². The van der Waals surface area contributed by atoms with Gasteiger partial charge in [-0.25, -0.2) is 13.8 Å². The number of halogens is 2. The highest BCUT2D eigenvalue weighted by atomic mass is 19.1. The predicted molar refractivity (Wildman–Crippen MR) is 74.6 cm³/mol. The van der Waals surface area contributed by atoms with Crippen molar-refractivity contribution in [3.63, 3.8) is 0 Å². The minimum Gasteiger partial charge on any atom is -0.317 e. The second-order valence-electron chi connectivity index (χ2n) is 5.46. The lowest BCUT2D eigenvalue weighted by molar-refractivity contribution is -0.138. The average molecular weight is 293 g/mol. The average Bonchev–Trinajstić information content (AvgIpc) is 2.96.